The molecule has 1 aromatic rings. The molecule has 0 radical (unpaired) electrons. The van der Waals surface area contributed by atoms with Crippen molar-refractivity contribution in [3.63, 3.8) is 0 Å². The smallest absolute Gasteiger partial charge is 0.00914 e. The van der Waals surface area contributed by atoms with Crippen LogP contribution in [0.1, 0.15) is 44.2 Å². The van der Waals surface area contributed by atoms with Gasteiger partial charge in [0.1, 0.15) is 0 Å². The third-order valence-electron chi connectivity index (χ3n) is 3.33. The molecule has 2 rings (SSSR count). The fourth-order valence-corrected chi connectivity index (χ4v) is 2.34. The maximum atomic E-state index is 2.33. The molecule has 0 saturated carbocycles. The average molecular weight is 238 g/mol. The van der Waals surface area contributed by atoms with E-state index >= 15 is 0 Å². The van der Waals surface area contributed by atoms with E-state index in [9.17, 15) is 0 Å². The minimum absolute atomic E-state index is 1.07. The van der Waals surface area contributed by atoms with E-state index in [1.165, 1.54) is 35.1 Å². The maximum absolute atomic E-state index is 2.33. The first-order valence-corrected chi connectivity index (χ1v) is 7.00. The molecule has 1 aromatic carbocycles. The van der Waals surface area contributed by atoms with E-state index in [-0.39, 0.29) is 0 Å². The predicted octanol–water partition coefficient (Wildman–Crippen LogP) is 5.32. The summed E-state index contributed by atoms with van der Waals surface area (Å²) in [7, 11) is 0. The van der Waals surface area contributed by atoms with Gasteiger partial charge >= 0.3 is 0 Å². The fourth-order valence-electron chi connectivity index (χ4n) is 2.34. The van der Waals surface area contributed by atoms with Crippen molar-refractivity contribution < 1.29 is 0 Å². The number of allylic oxidation sites excluding steroid dienone is 6. The highest BCUT2D eigenvalue weighted by atomic mass is 14.1. The van der Waals surface area contributed by atoms with Crippen LogP contribution in [0.2, 0.25) is 0 Å². The van der Waals surface area contributed by atoms with Crippen molar-refractivity contribution in [1.29, 1.82) is 0 Å². The van der Waals surface area contributed by atoms with Gasteiger partial charge in [-0.25, -0.2) is 0 Å². The molecule has 0 aliphatic heterocycles. The van der Waals surface area contributed by atoms with Crippen LogP contribution in [0.25, 0.3) is 5.57 Å². The first kappa shape index (κ1) is 12.9. The van der Waals surface area contributed by atoms with Gasteiger partial charge in [0.05, 0.1) is 0 Å². The summed E-state index contributed by atoms with van der Waals surface area (Å²) in [5, 5.41) is 0. The van der Waals surface area contributed by atoms with Crippen LogP contribution in [0.3, 0.4) is 0 Å². The van der Waals surface area contributed by atoms with E-state index in [4.69, 9.17) is 0 Å². The summed E-state index contributed by atoms with van der Waals surface area (Å²) < 4.78 is 0. The molecule has 0 saturated heterocycles. The van der Waals surface area contributed by atoms with Crippen LogP contribution in [-0.4, -0.2) is 0 Å². The highest BCUT2D eigenvalue weighted by Gasteiger charge is 2.03. The molecule has 0 spiro atoms. The largest absolute Gasteiger partial charge is 0.0813 e. The fraction of sp³-hybridized carbons (Fsp3) is 0.333. The Morgan fingerprint density at radius 2 is 1.83 bits per heavy atom. The molecule has 94 valence electrons. The molecular weight excluding hydrogens is 216 g/mol. The minimum atomic E-state index is 1.07. The third-order valence-corrected chi connectivity index (χ3v) is 3.33. The van der Waals surface area contributed by atoms with E-state index in [0.29, 0.717) is 0 Å². The van der Waals surface area contributed by atoms with Crippen molar-refractivity contribution in [1.82, 2.24) is 0 Å². The normalized spacial score (nSPS) is 17.0. The summed E-state index contributed by atoms with van der Waals surface area (Å²) in [5.74, 6) is 0. The molecule has 0 N–H and O–H groups in total. The number of benzene rings is 1. The first-order chi connectivity index (χ1) is 8.83. The van der Waals surface area contributed by atoms with Crippen LogP contribution < -0.4 is 0 Å². The van der Waals surface area contributed by atoms with E-state index in [1.807, 2.05) is 0 Å². The Labute approximate surface area is 111 Å². The second-order valence-corrected chi connectivity index (χ2v) is 4.83. The Morgan fingerprint density at radius 3 is 2.39 bits per heavy atom. The van der Waals surface area contributed by atoms with E-state index < -0.39 is 0 Å². The maximum Gasteiger partial charge on any atom is -0.00914 e. The Kier molecular flexibility index (Phi) is 4.58. The molecule has 0 atom stereocenters. The van der Waals surface area contributed by atoms with Gasteiger partial charge in [-0.1, -0.05) is 68.8 Å². The summed E-state index contributed by atoms with van der Waals surface area (Å²) in [6.45, 7) is 4.41. The Hall–Kier alpha value is -1.56. The zero-order valence-corrected chi connectivity index (χ0v) is 11.4. The molecule has 0 fully saturated rings. The van der Waals surface area contributed by atoms with Gasteiger partial charge in [-0.15, -0.1) is 0 Å². The van der Waals surface area contributed by atoms with Gasteiger partial charge in [0, 0.05) is 0 Å². The van der Waals surface area contributed by atoms with Gasteiger partial charge in [-0.05, 0) is 41.5 Å². The van der Waals surface area contributed by atoms with Gasteiger partial charge in [0.2, 0.25) is 0 Å². The van der Waals surface area contributed by atoms with Crippen molar-refractivity contribution in [2.75, 3.05) is 0 Å². The molecular formula is C18H22. The molecule has 0 amide bonds. The summed E-state index contributed by atoms with van der Waals surface area (Å²) in [6.07, 6.45) is 13.7. The number of hydrogen-bond acceptors (Lipinski definition) is 0. The predicted molar refractivity (Wildman–Crippen MR) is 80.5 cm³/mol. The highest BCUT2D eigenvalue weighted by Crippen LogP contribution is 2.24. The van der Waals surface area contributed by atoms with Gasteiger partial charge in [0.15, 0.2) is 0 Å². The Bertz CT molecular complexity index is 469. The number of aryl methyl sites for hydroxylation is 1. The lowest BCUT2D eigenvalue weighted by atomic mass is 9.95. The van der Waals surface area contributed by atoms with Gasteiger partial charge < -0.3 is 0 Å². The first-order valence-electron chi connectivity index (χ1n) is 7.00. The second-order valence-electron chi connectivity index (χ2n) is 4.83. The molecule has 0 nitrogen and oxygen atoms in total. The van der Waals surface area contributed by atoms with Gasteiger partial charge in [-0.2, -0.15) is 0 Å². The average Bonchev–Trinajstić information content (AvgIpc) is 2.41. The van der Waals surface area contributed by atoms with E-state index in [1.54, 1.807) is 0 Å². The molecule has 1 aliphatic rings. The van der Waals surface area contributed by atoms with E-state index in [2.05, 4.69) is 62.4 Å². The molecule has 1 aliphatic carbocycles. The van der Waals surface area contributed by atoms with Crippen molar-refractivity contribution in [2.24, 2.45) is 0 Å². The van der Waals surface area contributed by atoms with Crippen molar-refractivity contribution in [3.8, 4) is 0 Å². The molecule has 0 bridgehead atoms. The van der Waals surface area contributed by atoms with Crippen LogP contribution in [0, 0.1) is 0 Å². The topological polar surface area (TPSA) is 0 Å². The van der Waals surface area contributed by atoms with Crippen LogP contribution in [-0.2, 0) is 6.42 Å². The van der Waals surface area contributed by atoms with Crippen LogP contribution in [0.5, 0.6) is 0 Å². The zero-order chi connectivity index (χ0) is 12.8. The number of hydrogen-bond donors (Lipinski definition) is 0. The molecule has 0 aromatic heterocycles. The summed E-state index contributed by atoms with van der Waals surface area (Å²) >= 11 is 0. The van der Waals surface area contributed by atoms with Gasteiger partial charge in [-0.3, -0.25) is 0 Å². The zero-order valence-electron chi connectivity index (χ0n) is 11.4. The van der Waals surface area contributed by atoms with E-state index in [0.717, 1.165) is 12.8 Å². The second kappa shape index (κ2) is 6.39. The third kappa shape index (κ3) is 3.22. The molecule has 0 unspecified atom stereocenters. The number of rotatable bonds is 4. The lowest BCUT2D eigenvalue weighted by Gasteiger charge is -2.10. The molecule has 18 heavy (non-hydrogen) atoms. The van der Waals surface area contributed by atoms with Crippen LogP contribution in [0.15, 0.2) is 54.1 Å². The molecule has 0 heterocycles. The Balaban J connectivity index is 2.09. The lowest BCUT2D eigenvalue weighted by Crippen LogP contribution is -1.90. The summed E-state index contributed by atoms with van der Waals surface area (Å²) in [4.78, 5) is 0. The van der Waals surface area contributed by atoms with Crippen molar-refractivity contribution in [2.45, 2.75) is 39.5 Å². The van der Waals surface area contributed by atoms with Gasteiger partial charge in [0.25, 0.3) is 0 Å². The summed E-state index contributed by atoms with van der Waals surface area (Å²) in [6, 6.07) is 9.00. The monoisotopic (exact) mass is 238 g/mol. The van der Waals surface area contributed by atoms with Crippen molar-refractivity contribution in [3.05, 3.63) is 65.3 Å². The minimum Gasteiger partial charge on any atom is -0.0813 e. The van der Waals surface area contributed by atoms with Crippen molar-refractivity contribution >= 4 is 5.57 Å². The summed E-state index contributed by atoms with van der Waals surface area (Å²) in [5.41, 5.74) is 5.56. The van der Waals surface area contributed by atoms with Crippen LogP contribution >= 0.6 is 0 Å². The Morgan fingerprint density at radius 1 is 1.06 bits per heavy atom. The highest BCUT2D eigenvalue weighted by molar-refractivity contribution is 5.76. The molecule has 0 heteroatoms. The SMILES string of the molecule is CC/C=C1\C=CC(c2ccc(CCC)cc2)=CC1. The lowest BCUT2D eigenvalue weighted by molar-refractivity contribution is 0.922. The quantitative estimate of drug-likeness (QED) is 0.666. The standard InChI is InChI=1S/C18H22/c1-3-5-15-7-11-17(12-8-15)18-13-9-16(6-4-2)10-14-18/h5,7,9-14H,3-4,6,8H2,1-2H3/b15-5+. The van der Waals surface area contributed by atoms with Crippen LogP contribution in [0.4, 0.5) is 0 Å².